The first-order valence-electron chi connectivity index (χ1n) is 47.1. The number of H-pyrrole nitrogens is 1. The molecule has 1 amide bonds. The van der Waals surface area contributed by atoms with Gasteiger partial charge in [-0.15, -0.1) is 0 Å². The van der Waals surface area contributed by atoms with Gasteiger partial charge in [0.1, 0.15) is 52.1 Å². The number of fused-ring (bicyclic) bond motifs is 4. The smallest absolute Gasteiger partial charge is 0.261 e. The van der Waals surface area contributed by atoms with Gasteiger partial charge in [0, 0.05) is 239 Å². The van der Waals surface area contributed by atoms with E-state index in [4.69, 9.17) is 57.8 Å². The standard InChI is InChI=1S/C31H36F2N6O3.C27H34N6O2.C24H26N6O2.C24H27N5O2/c1-40-25-14-24(15-26(17-25)41-2)38(11-5-10-37-12-9-31(32,33)21-37)23-7-8-27-28(16-23)36-29(19-34-27)22-18-35-39(20-22)30-6-3-4-13-42-30;1-18(2)28-9-10-33(21-11-22(34-6)14-23(12-21)35-27(3,4)5)20-7-8-24-25(13-20)32-26(17-29-24)19-15-30-31-16-19;1-5-8-30(19-9-16(24(31)25-2)10-20(11-19)32-4)18-6-7-21-22(12-18)28-23(14-26-21)17-13-27-29(3)15-17;1-6-9-29(23-11-19(30-4)12-24(31-5)16(23)2)18-7-8-20-21(10-18)27-22(14-25-20)17-13-26-28(3)15-17/h7-8,14-20,30H,3-6,9-13,21H2,1-2H3;7-8,11-18,28H,9-10H2,1-6H3,(H,30,31);6-7,9-15H,5,8H2,1-4H3,(H,25,31);7-8,10-15H,6,9H2,1-5H3. The van der Waals surface area contributed by atoms with Crippen molar-refractivity contribution in [1.29, 1.82) is 0 Å². The van der Waals surface area contributed by atoms with Crippen molar-refractivity contribution in [3.63, 3.8) is 0 Å². The van der Waals surface area contributed by atoms with Crippen molar-refractivity contribution in [2.75, 3.05) is 128 Å². The molecule has 730 valence electrons. The third kappa shape index (κ3) is 24.9. The number of methoxy groups -OCH3 is 6. The lowest BCUT2D eigenvalue weighted by atomic mass is 10.1. The molecule has 3 N–H and O–H groups in total. The van der Waals surface area contributed by atoms with Crippen LogP contribution in [0.3, 0.4) is 0 Å². The van der Waals surface area contributed by atoms with E-state index in [1.807, 2.05) is 166 Å². The third-order valence-electron chi connectivity index (χ3n) is 23.8. The number of benzene rings is 8. The van der Waals surface area contributed by atoms with Gasteiger partial charge in [-0.2, -0.15) is 20.4 Å². The highest BCUT2D eigenvalue weighted by Crippen LogP contribution is 2.43. The number of alkyl halides is 2. The van der Waals surface area contributed by atoms with Crippen molar-refractivity contribution < 1.29 is 51.5 Å². The average molecular weight is 1900 g/mol. The van der Waals surface area contributed by atoms with E-state index < -0.39 is 5.92 Å². The summed E-state index contributed by atoms with van der Waals surface area (Å²) in [7, 11) is 15.2. The maximum absolute atomic E-state index is 13.8. The van der Waals surface area contributed by atoms with Gasteiger partial charge in [-0.25, -0.2) is 33.4 Å². The zero-order valence-corrected chi connectivity index (χ0v) is 82.6. The first kappa shape index (κ1) is 99.4. The second-order valence-electron chi connectivity index (χ2n) is 35.6. The fourth-order valence-corrected chi connectivity index (χ4v) is 16.8. The SMILES string of the molecule is CCCN(c1cc(OC)cc(C(=O)NC)c1)c1ccc2ncc(-c3cnn(C)c3)nc2c1.CCCN(c1ccc2ncc(-c3cnn(C)c3)nc2c1)c1cc(OC)cc(OC)c1C.COc1cc(OC(C)(C)C)cc(N(CCNC(C)C)c2ccc3ncc(-c4cn[nH]c4)nc3c2)c1.COc1cc(OC)cc(N(CCCN2CCC(F)(F)C2)c2ccc3ncc(-c4cnn(C5CCCCO5)c4)nc3c2)c1. The van der Waals surface area contributed by atoms with Crippen LogP contribution in [0.4, 0.5) is 54.3 Å². The molecule has 0 saturated carbocycles. The van der Waals surface area contributed by atoms with Gasteiger partial charge < -0.3 is 68.1 Å². The minimum Gasteiger partial charge on any atom is -0.497 e. The van der Waals surface area contributed by atoms with Crippen molar-refractivity contribution in [1.82, 2.24) is 94.9 Å². The zero-order valence-electron chi connectivity index (χ0n) is 82.6. The maximum atomic E-state index is 13.8. The van der Waals surface area contributed by atoms with Gasteiger partial charge >= 0.3 is 0 Å². The summed E-state index contributed by atoms with van der Waals surface area (Å²) in [6.07, 6.45) is 27.5. The number of hydrogen-bond donors (Lipinski definition) is 3. The van der Waals surface area contributed by atoms with Crippen molar-refractivity contribution in [2.24, 2.45) is 14.1 Å². The molecule has 2 fully saturated rings. The molecule has 8 aromatic carbocycles. The Hall–Kier alpha value is -15.0. The molecule has 32 nitrogen and oxygen atoms in total. The van der Waals surface area contributed by atoms with Crippen LogP contribution in [0.5, 0.6) is 40.2 Å². The number of aromatic nitrogens is 16. The summed E-state index contributed by atoms with van der Waals surface area (Å²) in [5.41, 5.74) is 22.2. The molecule has 2 aliphatic heterocycles. The van der Waals surface area contributed by atoms with Gasteiger partial charge in [0.25, 0.3) is 11.8 Å². The number of nitrogens with zero attached hydrogens (tertiary/aromatic N) is 20. The Morgan fingerprint density at radius 3 is 1.41 bits per heavy atom. The van der Waals surface area contributed by atoms with Crippen LogP contribution in [0.2, 0.25) is 0 Å². The summed E-state index contributed by atoms with van der Waals surface area (Å²) in [4.78, 5) is 60.9. The summed E-state index contributed by atoms with van der Waals surface area (Å²) >= 11 is 0. The molecular weight excluding hydrogens is 1780 g/mol. The Morgan fingerprint density at radius 2 is 0.971 bits per heavy atom. The van der Waals surface area contributed by atoms with E-state index >= 15 is 0 Å². The first-order valence-corrected chi connectivity index (χ1v) is 47.1. The number of nitrogens with one attached hydrogen (secondary N) is 3. The monoisotopic (exact) mass is 1900 g/mol. The highest BCUT2D eigenvalue weighted by molar-refractivity contribution is 5.96. The van der Waals surface area contributed by atoms with Crippen LogP contribution >= 0.6 is 0 Å². The van der Waals surface area contributed by atoms with Gasteiger partial charge in [0.15, 0.2) is 0 Å². The summed E-state index contributed by atoms with van der Waals surface area (Å²) in [6, 6.07) is 45.9. The molecule has 0 radical (unpaired) electrons. The van der Waals surface area contributed by atoms with Crippen LogP contribution in [-0.2, 0) is 18.8 Å². The van der Waals surface area contributed by atoms with E-state index in [0.717, 1.165) is 228 Å². The molecule has 10 heterocycles. The number of ether oxygens (including phenoxy) is 8. The molecule has 2 aliphatic rings. The molecule has 1 atom stereocenters. The largest absolute Gasteiger partial charge is 0.497 e. The third-order valence-corrected chi connectivity index (χ3v) is 23.8. The van der Waals surface area contributed by atoms with E-state index in [1.54, 1.807) is 115 Å². The number of hydrogen-bond acceptors (Lipinski definition) is 27. The summed E-state index contributed by atoms with van der Waals surface area (Å²) in [5, 5.41) is 26.1. The maximum Gasteiger partial charge on any atom is 0.261 e. The predicted molar refractivity (Wildman–Crippen MR) is 546 cm³/mol. The number of carbonyl (C=O) groups is 1. The van der Waals surface area contributed by atoms with Crippen LogP contribution in [-0.4, -0.2) is 216 Å². The fourth-order valence-electron chi connectivity index (χ4n) is 16.8. The van der Waals surface area contributed by atoms with Crippen LogP contribution in [0.25, 0.3) is 89.2 Å². The number of rotatable bonds is 33. The van der Waals surface area contributed by atoms with Crippen molar-refractivity contribution in [3.8, 4) is 85.3 Å². The lowest BCUT2D eigenvalue weighted by Gasteiger charge is -2.28. The Balaban J connectivity index is 0.000000142. The fraction of sp³-hybridized carbons (Fsp3) is 0.349. The minimum atomic E-state index is -2.60. The highest BCUT2D eigenvalue weighted by Gasteiger charge is 2.38. The minimum absolute atomic E-state index is 0.0484. The second-order valence-corrected chi connectivity index (χ2v) is 35.6. The van der Waals surface area contributed by atoms with Crippen LogP contribution in [0, 0.1) is 6.92 Å². The van der Waals surface area contributed by atoms with E-state index in [0.29, 0.717) is 54.9 Å². The Labute approximate surface area is 814 Å². The van der Waals surface area contributed by atoms with Gasteiger partial charge in [-0.3, -0.25) is 44.1 Å². The zero-order chi connectivity index (χ0) is 98.7. The summed E-state index contributed by atoms with van der Waals surface area (Å²) in [5.74, 6) is 2.25. The van der Waals surface area contributed by atoms with Gasteiger partial charge in [0.2, 0.25) is 0 Å². The molecule has 2 saturated heterocycles. The number of aromatic amines is 1. The number of likely N-dealkylation sites (tertiary alicyclic amines) is 1. The van der Waals surface area contributed by atoms with Gasteiger partial charge in [-0.05, 0) is 151 Å². The molecule has 0 aliphatic carbocycles. The number of carbonyl (C=O) groups excluding carboxylic acids is 1. The lowest BCUT2D eigenvalue weighted by molar-refractivity contribution is -0.0394. The second kappa shape index (κ2) is 45.5. The molecular formula is C106H123F2N23O9. The molecule has 140 heavy (non-hydrogen) atoms. The van der Waals surface area contributed by atoms with Crippen molar-refractivity contribution in [2.45, 2.75) is 124 Å². The molecule has 16 aromatic rings. The lowest BCUT2D eigenvalue weighted by Crippen LogP contribution is -2.32. The number of anilines is 8. The molecule has 0 spiro atoms. The van der Waals surface area contributed by atoms with E-state index in [1.165, 1.54) is 0 Å². The van der Waals surface area contributed by atoms with Crippen LogP contribution < -0.4 is 63.4 Å². The molecule has 8 aromatic heterocycles. The van der Waals surface area contributed by atoms with E-state index in [2.05, 4.69) is 147 Å². The van der Waals surface area contributed by atoms with Gasteiger partial charge in [0.05, 0.1) is 171 Å². The van der Waals surface area contributed by atoms with Crippen LogP contribution in [0.1, 0.15) is 116 Å². The van der Waals surface area contributed by atoms with E-state index in [-0.39, 0.29) is 30.7 Å². The summed E-state index contributed by atoms with van der Waals surface area (Å²) < 4.78 is 78.2. The molecule has 1 unspecified atom stereocenters. The first-order chi connectivity index (χ1) is 67.7. The molecule has 18 rings (SSSR count). The average Bonchev–Trinajstić information content (AvgIpc) is 1.08. The van der Waals surface area contributed by atoms with Crippen LogP contribution in [0.15, 0.2) is 214 Å². The van der Waals surface area contributed by atoms with Gasteiger partial charge in [-0.1, -0.05) is 27.7 Å². The highest BCUT2D eigenvalue weighted by atomic mass is 19.3. The molecule has 0 bridgehead atoms. The van der Waals surface area contributed by atoms with E-state index in [9.17, 15) is 13.6 Å². The van der Waals surface area contributed by atoms with Crippen molar-refractivity contribution in [3.05, 3.63) is 225 Å². The normalized spacial score (nSPS) is 13.5. The number of amides is 1. The Morgan fingerprint density at radius 1 is 0.514 bits per heavy atom. The summed E-state index contributed by atoms with van der Waals surface area (Å²) in [6.45, 7) is 22.1. The Kier molecular flexibility index (Phi) is 32.3. The number of halogens is 2. The Bertz CT molecular complexity index is 6880. The topological polar surface area (TPSA) is 316 Å². The molecule has 34 heteroatoms. The number of aryl methyl sites for hydroxylation is 2. The quantitative estimate of drug-likeness (QED) is 0.0344. The van der Waals surface area contributed by atoms with Crippen molar-refractivity contribution >= 4 is 95.5 Å². The predicted octanol–water partition coefficient (Wildman–Crippen LogP) is 20.3.